The second-order valence-electron chi connectivity index (χ2n) is 5.12. The van der Waals surface area contributed by atoms with Crippen LogP contribution in [0.3, 0.4) is 0 Å². The first-order chi connectivity index (χ1) is 9.53. The molecule has 4 nitrogen and oxygen atoms in total. The Morgan fingerprint density at radius 2 is 2.35 bits per heavy atom. The lowest BCUT2D eigenvalue weighted by molar-refractivity contribution is 0.242. The molecule has 6 heteroatoms. The van der Waals surface area contributed by atoms with Crippen LogP contribution in [0.15, 0.2) is 5.38 Å². The predicted octanol–water partition coefficient (Wildman–Crippen LogP) is 2.55. The lowest BCUT2D eigenvalue weighted by atomic mass is 10.0. The van der Waals surface area contributed by atoms with Crippen molar-refractivity contribution in [3.05, 3.63) is 16.1 Å². The molecule has 2 heterocycles. The van der Waals surface area contributed by atoms with E-state index in [0.717, 1.165) is 30.7 Å². The maximum atomic E-state index is 12.6. The number of terminal acetylenes is 1. The number of piperidine rings is 1. The van der Waals surface area contributed by atoms with Gasteiger partial charge >= 0.3 is 0 Å². The number of aryl methyl sites for hydroxylation is 1. The Hall–Kier alpha value is -0.900. The molecule has 0 bridgehead atoms. The first kappa shape index (κ1) is 15.5. The lowest BCUT2D eigenvalue weighted by Crippen LogP contribution is -2.44. The van der Waals surface area contributed by atoms with E-state index >= 15 is 0 Å². The molecular formula is C14H20N2O2S2. The second-order valence-corrected chi connectivity index (χ2v) is 8.10. The standard InChI is InChI=1S/C14H20N2O2S2/c1-3-4-7-14-8-5-6-9-16(14)20(17,18)11-13-10-19-12(2)15-13/h1,10,14H,4-9,11H2,2H3. The fourth-order valence-corrected chi connectivity index (χ4v) is 5.10. The fourth-order valence-electron chi connectivity index (χ4n) is 2.62. The van der Waals surface area contributed by atoms with E-state index in [1.54, 1.807) is 4.31 Å². The number of thiazole rings is 1. The lowest BCUT2D eigenvalue weighted by Gasteiger charge is -2.34. The van der Waals surface area contributed by atoms with Crippen molar-refractivity contribution in [1.29, 1.82) is 0 Å². The molecule has 0 saturated carbocycles. The molecule has 1 aliphatic rings. The van der Waals surface area contributed by atoms with Gasteiger partial charge < -0.3 is 0 Å². The van der Waals surface area contributed by atoms with Crippen LogP contribution >= 0.6 is 11.3 Å². The van der Waals surface area contributed by atoms with Gasteiger partial charge in [-0.2, -0.15) is 4.31 Å². The SMILES string of the molecule is C#CCCC1CCCCN1S(=O)(=O)Cc1csc(C)n1. The Kier molecular flexibility index (Phi) is 5.19. The van der Waals surface area contributed by atoms with Crippen molar-refractivity contribution in [3.63, 3.8) is 0 Å². The van der Waals surface area contributed by atoms with Crippen LogP contribution in [-0.2, 0) is 15.8 Å². The van der Waals surface area contributed by atoms with E-state index in [4.69, 9.17) is 6.42 Å². The Morgan fingerprint density at radius 3 is 3.00 bits per heavy atom. The predicted molar refractivity (Wildman–Crippen MR) is 81.9 cm³/mol. The van der Waals surface area contributed by atoms with Crippen LogP contribution in [0, 0.1) is 19.3 Å². The Bertz CT molecular complexity index is 587. The van der Waals surface area contributed by atoms with Gasteiger partial charge in [0, 0.05) is 24.4 Å². The van der Waals surface area contributed by atoms with Gasteiger partial charge in [0.1, 0.15) is 5.75 Å². The van der Waals surface area contributed by atoms with Crippen molar-refractivity contribution in [2.24, 2.45) is 0 Å². The minimum atomic E-state index is -3.29. The molecular weight excluding hydrogens is 292 g/mol. The zero-order valence-corrected chi connectivity index (χ0v) is 13.3. The van der Waals surface area contributed by atoms with Gasteiger partial charge in [-0.1, -0.05) is 6.42 Å². The van der Waals surface area contributed by atoms with Crippen LogP contribution < -0.4 is 0 Å². The number of hydrogen-bond donors (Lipinski definition) is 0. The quantitative estimate of drug-likeness (QED) is 0.785. The molecule has 0 aliphatic carbocycles. The highest BCUT2D eigenvalue weighted by molar-refractivity contribution is 7.88. The maximum Gasteiger partial charge on any atom is 0.220 e. The van der Waals surface area contributed by atoms with E-state index in [1.807, 2.05) is 12.3 Å². The number of sulfonamides is 1. The summed E-state index contributed by atoms with van der Waals surface area (Å²) in [6.45, 7) is 2.50. The minimum absolute atomic E-state index is 0.00386. The molecule has 1 aromatic rings. The zero-order chi connectivity index (χ0) is 14.6. The van der Waals surface area contributed by atoms with E-state index in [1.165, 1.54) is 11.3 Å². The number of aromatic nitrogens is 1. The summed E-state index contributed by atoms with van der Waals surface area (Å²) in [5.74, 6) is 2.61. The summed E-state index contributed by atoms with van der Waals surface area (Å²) >= 11 is 1.49. The van der Waals surface area contributed by atoms with Crippen LogP contribution in [0.25, 0.3) is 0 Å². The zero-order valence-electron chi connectivity index (χ0n) is 11.7. The molecule has 2 rings (SSSR count). The maximum absolute atomic E-state index is 12.6. The summed E-state index contributed by atoms with van der Waals surface area (Å²) in [4.78, 5) is 4.26. The summed E-state index contributed by atoms with van der Waals surface area (Å²) in [6.07, 6.45) is 9.61. The number of nitrogens with zero attached hydrogens (tertiary/aromatic N) is 2. The van der Waals surface area contributed by atoms with Gasteiger partial charge in [0.05, 0.1) is 10.7 Å². The summed E-state index contributed by atoms with van der Waals surface area (Å²) < 4.78 is 26.8. The number of rotatable bonds is 5. The monoisotopic (exact) mass is 312 g/mol. The van der Waals surface area contributed by atoms with Gasteiger partial charge in [0.25, 0.3) is 0 Å². The molecule has 0 aromatic carbocycles. The topological polar surface area (TPSA) is 50.3 Å². The van der Waals surface area contributed by atoms with E-state index in [2.05, 4.69) is 10.9 Å². The third-order valence-corrected chi connectivity index (χ3v) is 6.23. The smallest absolute Gasteiger partial charge is 0.220 e. The van der Waals surface area contributed by atoms with E-state index in [0.29, 0.717) is 18.7 Å². The van der Waals surface area contributed by atoms with Gasteiger partial charge in [-0.05, 0) is 26.2 Å². The summed E-state index contributed by atoms with van der Waals surface area (Å²) in [7, 11) is -3.29. The van der Waals surface area contributed by atoms with Crippen LogP contribution in [0.5, 0.6) is 0 Å². The van der Waals surface area contributed by atoms with Crippen molar-refractivity contribution in [2.45, 2.75) is 50.8 Å². The molecule has 0 radical (unpaired) electrons. The van der Waals surface area contributed by atoms with Crippen molar-refractivity contribution in [2.75, 3.05) is 6.54 Å². The molecule has 0 spiro atoms. The van der Waals surface area contributed by atoms with Crippen LogP contribution in [0.4, 0.5) is 0 Å². The first-order valence-corrected chi connectivity index (χ1v) is 9.36. The third-order valence-electron chi connectivity index (χ3n) is 3.55. The Morgan fingerprint density at radius 1 is 1.55 bits per heavy atom. The van der Waals surface area contributed by atoms with Gasteiger partial charge in [0.15, 0.2) is 0 Å². The van der Waals surface area contributed by atoms with Crippen LogP contribution in [0.1, 0.15) is 42.8 Å². The molecule has 1 fully saturated rings. The summed E-state index contributed by atoms with van der Waals surface area (Å²) in [5.41, 5.74) is 0.647. The summed E-state index contributed by atoms with van der Waals surface area (Å²) in [5, 5.41) is 2.73. The molecule has 0 amide bonds. The summed E-state index contributed by atoms with van der Waals surface area (Å²) in [6, 6.07) is 0.0598. The first-order valence-electron chi connectivity index (χ1n) is 6.87. The van der Waals surface area contributed by atoms with Crippen LogP contribution in [-0.4, -0.2) is 30.3 Å². The second kappa shape index (κ2) is 6.70. The third kappa shape index (κ3) is 3.81. The van der Waals surface area contributed by atoms with E-state index in [9.17, 15) is 8.42 Å². The minimum Gasteiger partial charge on any atom is -0.245 e. The average Bonchev–Trinajstić information content (AvgIpc) is 2.81. The van der Waals surface area contributed by atoms with Crippen molar-refractivity contribution < 1.29 is 8.42 Å². The molecule has 1 unspecified atom stereocenters. The molecule has 20 heavy (non-hydrogen) atoms. The van der Waals surface area contributed by atoms with Gasteiger partial charge in [-0.15, -0.1) is 23.7 Å². The van der Waals surface area contributed by atoms with E-state index in [-0.39, 0.29) is 11.8 Å². The van der Waals surface area contributed by atoms with E-state index < -0.39 is 10.0 Å². The highest BCUT2D eigenvalue weighted by Gasteiger charge is 2.32. The Balaban J connectivity index is 2.11. The highest BCUT2D eigenvalue weighted by atomic mass is 32.2. The fraction of sp³-hybridized carbons (Fsp3) is 0.643. The molecule has 1 atom stereocenters. The molecule has 0 N–H and O–H groups in total. The molecule has 1 saturated heterocycles. The van der Waals surface area contributed by atoms with Crippen molar-refractivity contribution in [1.82, 2.24) is 9.29 Å². The largest absolute Gasteiger partial charge is 0.245 e. The normalized spacial score (nSPS) is 20.7. The van der Waals surface area contributed by atoms with Gasteiger partial charge in [-0.25, -0.2) is 13.4 Å². The molecule has 1 aromatic heterocycles. The molecule has 1 aliphatic heterocycles. The van der Waals surface area contributed by atoms with Gasteiger partial charge in [0.2, 0.25) is 10.0 Å². The Labute approximate surface area is 125 Å². The van der Waals surface area contributed by atoms with Crippen LogP contribution in [0.2, 0.25) is 0 Å². The van der Waals surface area contributed by atoms with Crippen molar-refractivity contribution >= 4 is 21.4 Å². The number of hydrogen-bond acceptors (Lipinski definition) is 4. The average molecular weight is 312 g/mol. The molecule has 110 valence electrons. The highest BCUT2D eigenvalue weighted by Crippen LogP contribution is 2.25. The van der Waals surface area contributed by atoms with Crippen molar-refractivity contribution in [3.8, 4) is 12.3 Å². The van der Waals surface area contributed by atoms with Gasteiger partial charge in [-0.3, -0.25) is 0 Å².